The zero-order valence-corrected chi connectivity index (χ0v) is 10.5. The minimum Gasteiger partial charge on any atom is -0.491 e. The van der Waals surface area contributed by atoms with Crippen molar-refractivity contribution in [2.24, 2.45) is 0 Å². The first-order chi connectivity index (χ1) is 8.15. The fraction of sp³-hybridized carbons (Fsp3) is 0.467. The molecule has 1 aromatic carbocycles. The van der Waals surface area contributed by atoms with Gasteiger partial charge in [-0.2, -0.15) is 0 Å². The van der Waals surface area contributed by atoms with Gasteiger partial charge in [-0.25, -0.2) is 0 Å². The number of allylic oxidation sites excluding steroid dienone is 1. The first-order valence-corrected chi connectivity index (χ1v) is 6.31. The molecule has 0 spiro atoms. The second-order valence-corrected chi connectivity index (χ2v) is 4.85. The van der Waals surface area contributed by atoms with E-state index in [2.05, 4.69) is 12.1 Å². The molecular weight excluding hydrogens is 212 g/mol. The van der Waals surface area contributed by atoms with E-state index in [-0.39, 0.29) is 12.2 Å². The van der Waals surface area contributed by atoms with Crippen LogP contribution in [0, 0.1) is 0 Å². The third-order valence-electron chi connectivity index (χ3n) is 2.92. The Morgan fingerprint density at radius 2 is 2.18 bits per heavy atom. The lowest BCUT2D eigenvalue weighted by molar-refractivity contribution is 0.206. The number of aliphatic hydroxyl groups excluding tert-OH is 1. The van der Waals surface area contributed by atoms with Crippen LogP contribution in [0.2, 0.25) is 0 Å². The molecule has 1 N–H and O–H groups in total. The van der Waals surface area contributed by atoms with Gasteiger partial charge in [0, 0.05) is 0 Å². The van der Waals surface area contributed by atoms with E-state index in [4.69, 9.17) is 4.74 Å². The minimum absolute atomic E-state index is 0.191. The lowest BCUT2D eigenvalue weighted by Crippen LogP contribution is -2.09. The first-order valence-electron chi connectivity index (χ1n) is 6.31. The van der Waals surface area contributed by atoms with Gasteiger partial charge in [0.25, 0.3) is 0 Å². The van der Waals surface area contributed by atoms with E-state index in [1.165, 1.54) is 11.1 Å². The molecule has 1 atom stereocenters. The summed E-state index contributed by atoms with van der Waals surface area (Å²) < 4.78 is 5.68. The third-order valence-corrected chi connectivity index (χ3v) is 2.92. The molecule has 1 aromatic rings. The van der Waals surface area contributed by atoms with Gasteiger partial charge in [-0.05, 0) is 56.4 Å². The summed E-state index contributed by atoms with van der Waals surface area (Å²) in [7, 11) is 0. The number of hydrogen-bond donors (Lipinski definition) is 1. The molecule has 1 aliphatic carbocycles. The highest BCUT2D eigenvalue weighted by molar-refractivity contribution is 5.67. The van der Waals surface area contributed by atoms with Crippen molar-refractivity contribution in [1.29, 1.82) is 0 Å². The fourth-order valence-corrected chi connectivity index (χ4v) is 2.18. The molecule has 0 bridgehead atoms. The summed E-state index contributed by atoms with van der Waals surface area (Å²) in [5.41, 5.74) is 2.40. The lowest BCUT2D eigenvalue weighted by Gasteiger charge is -2.18. The Labute approximate surface area is 103 Å². The van der Waals surface area contributed by atoms with E-state index in [9.17, 15) is 5.11 Å². The molecule has 92 valence electrons. The number of benzene rings is 1. The molecule has 0 aliphatic heterocycles. The Morgan fingerprint density at radius 1 is 1.35 bits per heavy atom. The number of hydrogen-bond acceptors (Lipinski definition) is 2. The highest BCUT2D eigenvalue weighted by Crippen LogP contribution is 2.29. The molecular formula is C15H20O2. The molecule has 2 heteroatoms. The predicted octanol–water partition coefficient (Wildman–Crippen LogP) is 3.40. The molecule has 0 amide bonds. The summed E-state index contributed by atoms with van der Waals surface area (Å²) in [4.78, 5) is 0. The molecule has 0 radical (unpaired) electrons. The molecule has 0 saturated carbocycles. The Bertz CT molecular complexity index is 407. The average Bonchev–Trinajstić information content (AvgIpc) is 2.28. The molecule has 0 fully saturated rings. The van der Waals surface area contributed by atoms with Crippen LogP contribution in [0.4, 0.5) is 0 Å². The molecule has 0 saturated heterocycles. The normalized spacial score (nSPS) is 20.2. The summed E-state index contributed by atoms with van der Waals surface area (Å²) in [6, 6.07) is 8.12. The van der Waals surface area contributed by atoms with Crippen molar-refractivity contribution in [3.05, 3.63) is 35.9 Å². The molecule has 1 unspecified atom stereocenters. The van der Waals surface area contributed by atoms with Gasteiger partial charge in [-0.15, -0.1) is 0 Å². The summed E-state index contributed by atoms with van der Waals surface area (Å²) >= 11 is 0. The highest BCUT2D eigenvalue weighted by Gasteiger charge is 2.12. The lowest BCUT2D eigenvalue weighted by atomic mass is 9.92. The summed E-state index contributed by atoms with van der Waals surface area (Å²) in [6.45, 7) is 4.05. The highest BCUT2D eigenvalue weighted by atomic mass is 16.5. The first kappa shape index (κ1) is 12.2. The number of aliphatic hydroxyl groups is 1. The minimum atomic E-state index is -0.284. The third kappa shape index (κ3) is 3.34. The van der Waals surface area contributed by atoms with Gasteiger partial charge in [-0.3, -0.25) is 0 Å². The topological polar surface area (TPSA) is 29.5 Å². The van der Waals surface area contributed by atoms with Crippen molar-refractivity contribution in [3.8, 4) is 5.75 Å². The van der Waals surface area contributed by atoms with E-state index < -0.39 is 0 Å². The van der Waals surface area contributed by atoms with Crippen LogP contribution in [0.25, 0.3) is 5.57 Å². The zero-order chi connectivity index (χ0) is 12.3. The molecule has 1 aliphatic rings. The van der Waals surface area contributed by atoms with Gasteiger partial charge in [0.1, 0.15) is 5.75 Å². The van der Waals surface area contributed by atoms with E-state index >= 15 is 0 Å². The molecule has 2 nitrogen and oxygen atoms in total. The van der Waals surface area contributed by atoms with Crippen molar-refractivity contribution in [3.63, 3.8) is 0 Å². The zero-order valence-electron chi connectivity index (χ0n) is 10.5. The Balaban J connectivity index is 2.20. The van der Waals surface area contributed by atoms with Gasteiger partial charge in [0.2, 0.25) is 0 Å². The second-order valence-electron chi connectivity index (χ2n) is 4.85. The monoisotopic (exact) mass is 232 g/mol. The summed E-state index contributed by atoms with van der Waals surface area (Å²) in [5, 5.41) is 9.65. The smallest absolute Gasteiger partial charge is 0.120 e. The van der Waals surface area contributed by atoms with Gasteiger partial charge >= 0.3 is 0 Å². The van der Waals surface area contributed by atoms with Gasteiger partial charge in [0.05, 0.1) is 12.2 Å². The van der Waals surface area contributed by atoms with E-state index in [1.807, 2.05) is 32.1 Å². The number of rotatable bonds is 3. The fourth-order valence-electron chi connectivity index (χ4n) is 2.18. The maximum Gasteiger partial charge on any atom is 0.120 e. The summed E-state index contributed by atoms with van der Waals surface area (Å²) in [5.74, 6) is 0.901. The SMILES string of the molecule is CC(C)Oc1cccc(C2=CC(O)CCC2)c1. The van der Waals surface area contributed by atoms with E-state index in [1.54, 1.807) is 0 Å². The van der Waals surface area contributed by atoms with Crippen LogP contribution < -0.4 is 4.74 Å². The van der Waals surface area contributed by atoms with Crippen LogP contribution in [-0.4, -0.2) is 17.3 Å². The maximum atomic E-state index is 9.65. The van der Waals surface area contributed by atoms with Gasteiger partial charge in [0.15, 0.2) is 0 Å². The van der Waals surface area contributed by atoms with Crippen LogP contribution >= 0.6 is 0 Å². The van der Waals surface area contributed by atoms with Crippen LogP contribution in [-0.2, 0) is 0 Å². The van der Waals surface area contributed by atoms with Crippen molar-refractivity contribution < 1.29 is 9.84 Å². The largest absolute Gasteiger partial charge is 0.491 e. The van der Waals surface area contributed by atoms with E-state index in [0.717, 1.165) is 25.0 Å². The standard InChI is InChI=1S/C15H20O2/c1-11(2)17-15-8-4-6-13(10-15)12-5-3-7-14(16)9-12/h4,6,8-11,14,16H,3,5,7H2,1-2H3. The van der Waals surface area contributed by atoms with Crippen molar-refractivity contribution >= 4 is 5.57 Å². The van der Waals surface area contributed by atoms with Gasteiger partial charge in [-0.1, -0.05) is 18.2 Å². The molecule has 17 heavy (non-hydrogen) atoms. The van der Waals surface area contributed by atoms with Crippen molar-refractivity contribution in [2.45, 2.75) is 45.3 Å². The Morgan fingerprint density at radius 3 is 2.88 bits per heavy atom. The number of ether oxygens (including phenoxy) is 1. The van der Waals surface area contributed by atoms with E-state index in [0.29, 0.717) is 0 Å². The molecule has 2 rings (SSSR count). The average molecular weight is 232 g/mol. The molecule has 0 aromatic heterocycles. The van der Waals surface area contributed by atoms with Crippen molar-refractivity contribution in [1.82, 2.24) is 0 Å². The second kappa shape index (κ2) is 5.37. The van der Waals surface area contributed by atoms with Crippen LogP contribution in [0.1, 0.15) is 38.7 Å². The van der Waals surface area contributed by atoms with Gasteiger partial charge < -0.3 is 9.84 Å². The van der Waals surface area contributed by atoms with Crippen LogP contribution in [0.5, 0.6) is 5.75 Å². The quantitative estimate of drug-likeness (QED) is 0.865. The predicted molar refractivity (Wildman–Crippen MR) is 70.0 cm³/mol. The van der Waals surface area contributed by atoms with Crippen LogP contribution in [0.3, 0.4) is 0 Å². The van der Waals surface area contributed by atoms with Crippen molar-refractivity contribution in [2.75, 3.05) is 0 Å². The van der Waals surface area contributed by atoms with Crippen LogP contribution in [0.15, 0.2) is 30.3 Å². The maximum absolute atomic E-state index is 9.65. The Kier molecular flexibility index (Phi) is 3.85. The Hall–Kier alpha value is -1.28. The summed E-state index contributed by atoms with van der Waals surface area (Å²) in [6.07, 6.45) is 4.86. The molecule has 0 heterocycles.